The van der Waals surface area contributed by atoms with Crippen molar-refractivity contribution >= 4 is 11.3 Å². The molecule has 0 saturated heterocycles. The molecule has 1 unspecified atom stereocenters. The minimum Gasteiger partial charge on any atom is -0.383 e. The summed E-state index contributed by atoms with van der Waals surface area (Å²) in [5, 5.41) is 0. The van der Waals surface area contributed by atoms with Crippen LogP contribution in [0.5, 0.6) is 0 Å². The van der Waals surface area contributed by atoms with E-state index in [2.05, 4.69) is 19.1 Å². The van der Waals surface area contributed by atoms with E-state index in [-0.39, 0.29) is 6.04 Å². The second-order valence-electron chi connectivity index (χ2n) is 2.72. The monoisotopic (exact) mass is 185 g/mol. The largest absolute Gasteiger partial charge is 0.383 e. The molecule has 0 amide bonds. The number of thiophene rings is 1. The number of aryl methyl sites for hydroxylation is 1. The maximum atomic E-state index is 5.86. The average molecular weight is 185 g/mol. The molecule has 0 aliphatic heterocycles. The van der Waals surface area contributed by atoms with Crippen LogP contribution in [-0.4, -0.2) is 13.7 Å². The Balaban J connectivity index is 2.61. The molecule has 0 radical (unpaired) electrons. The molecule has 0 aromatic carbocycles. The molecule has 1 aromatic heterocycles. The molecule has 12 heavy (non-hydrogen) atoms. The first kappa shape index (κ1) is 9.71. The molecule has 0 spiro atoms. The summed E-state index contributed by atoms with van der Waals surface area (Å²) in [5.74, 6) is 0. The highest BCUT2D eigenvalue weighted by Crippen LogP contribution is 2.22. The van der Waals surface area contributed by atoms with Crippen molar-refractivity contribution < 1.29 is 4.74 Å². The summed E-state index contributed by atoms with van der Waals surface area (Å²) in [6.45, 7) is 2.75. The number of rotatable bonds is 4. The van der Waals surface area contributed by atoms with E-state index in [0.29, 0.717) is 6.61 Å². The van der Waals surface area contributed by atoms with Gasteiger partial charge in [-0.2, -0.15) is 0 Å². The van der Waals surface area contributed by atoms with Crippen LogP contribution in [0.15, 0.2) is 12.1 Å². The van der Waals surface area contributed by atoms with E-state index in [9.17, 15) is 0 Å². The van der Waals surface area contributed by atoms with Crippen LogP contribution < -0.4 is 5.73 Å². The van der Waals surface area contributed by atoms with Gasteiger partial charge in [0.05, 0.1) is 12.6 Å². The Morgan fingerprint density at radius 2 is 2.33 bits per heavy atom. The first-order chi connectivity index (χ1) is 5.77. The molecule has 1 atom stereocenters. The number of nitrogens with two attached hydrogens (primary N) is 1. The lowest BCUT2D eigenvalue weighted by molar-refractivity contribution is 0.182. The SMILES string of the molecule is CCc1ccc(C(N)COC)s1. The van der Waals surface area contributed by atoms with E-state index in [4.69, 9.17) is 10.5 Å². The zero-order valence-electron chi connectivity index (χ0n) is 7.54. The van der Waals surface area contributed by atoms with Gasteiger partial charge in [-0.15, -0.1) is 11.3 Å². The van der Waals surface area contributed by atoms with Crippen molar-refractivity contribution in [2.75, 3.05) is 13.7 Å². The van der Waals surface area contributed by atoms with E-state index in [1.54, 1.807) is 18.4 Å². The van der Waals surface area contributed by atoms with Gasteiger partial charge in [0, 0.05) is 16.9 Å². The van der Waals surface area contributed by atoms with Gasteiger partial charge in [-0.25, -0.2) is 0 Å². The molecule has 0 saturated carbocycles. The summed E-state index contributed by atoms with van der Waals surface area (Å²) in [6.07, 6.45) is 1.09. The lowest BCUT2D eigenvalue weighted by Gasteiger charge is -2.06. The fourth-order valence-corrected chi connectivity index (χ4v) is 1.98. The molecule has 68 valence electrons. The highest BCUT2D eigenvalue weighted by Gasteiger charge is 2.07. The van der Waals surface area contributed by atoms with E-state index in [0.717, 1.165) is 6.42 Å². The third-order valence-corrected chi connectivity index (χ3v) is 3.10. The van der Waals surface area contributed by atoms with Crippen LogP contribution in [0.4, 0.5) is 0 Å². The van der Waals surface area contributed by atoms with Crippen molar-refractivity contribution in [3.63, 3.8) is 0 Å². The topological polar surface area (TPSA) is 35.2 Å². The highest BCUT2D eigenvalue weighted by molar-refractivity contribution is 7.12. The summed E-state index contributed by atoms with van der Waals surface area (Å²) in [7, 11) is 1.67. The molecule has 1 rings (SSSR count). The van der Waals surface area contributed by atoms with Gasteiger partial charge in [0.1, 0.15) is 0 Å². The number of methoxy groups -OCH3 is 1. The molecule has 0 aliphatic carbocycles. The fraction of sp³-hybridized carbons (Fsp3) is 0.556. The second-order valence-corrected chi connectivity index (χ2v) is 3.92. The van der Waals surface area contributed by atoms with E-state index < -0.39 is 0 Å². The summed E-state index contributed by atoms with van der Waals surface area (Å²) in [6, 6.07) is 4.27. The lowest BCUT2D eigenvalue weighted by Crippen LogP contribution is -2.14. The summed E-state index contributed by atoms with van der Waals surface area (Å²) >= 11 is 1.78. The van der Waals surface area contributed by atoms with E-state index in [1.807, 2.05) is 0 Å². The Bertz CT molecular complexity index is 234. The molecule has 0 bridgehead atoms. The maximum absolute atomic E-state index is 5.86. The van der Waals surface area contributed by atoms with Gasteiger partial charge in [0.15, 0.2) is 0 Å². The number of hydrogen-bond acceptors (Lipinski definition) is 3. The van der Waals surface area contributed by atoms with Gasteiger partial charge in [0.25, 0.3) is 0 Å². The minimum absolute atomic E-state index is 0.0419. The van der Waals surface area contributed by atoms with Crippen LogP contribution in [0.2, 0.25) is 0 Å². The van der Waals surface area contributed by atoms with Crippen molar-refractivity contribution in [2.24, 2.45) is 5.73 Å². The third-order valence-electron chi connectivity index (χ3n) is 1.74. The summed E-state index contributed by atoms with van der Waals surface area (Å²) in [5.41, 5.74) is 5.86. The second kappa shape index (κ2) is 4.60. The summed E-state index contributed by atoms with van der Waals surface area (Å²) in [4.78, 5) is 2.60. The molecule has 2 N–H and O–H groups in total. The molecule has 0 fully saturated rings. The smallest absolute Gasteiger partial charge is 0.0663 e. The molecule has 3 heteroatoms. The van der Waals surface area contributed by atoms with Crippen LogP contribution in [0.3, 0.4) is 0 Å². The van der Waals surface area contributed by atoms with E-state index in [1.165, 1.54) is 9.75 Å². The third kappa shape index (κ3) is 2.30. The molecular weight excluding hydrogens is 170 g/mol. The standard InChI is InChI=1S/C9H15NOS/c1-3-7-4-5-9(12-7)8(10)6-11-2/h4-5,8H,3,6,10H2,1-2H3. The van der Waals surface area contributed by atoms with Gasteiger partial charge in [0.2, 0.25) is 0 Å². The van der Waals surface area contributed by atoms with Crippen molar-refractivity contribution in [2.45, 2.75) is 19.4 Å². The Hall–Kier alpha value is -0.380. The quantitative estimate of drug-likeness (QED) is 0.778. The van der Waals surface area contributed by atoms with Crippen LogP contribution in [0.25, 0.3) is 0 Å². The van der Waals surface area contributed by atoms with Gasteiger partial charge < -0.3 is 10.5 Å². The molecule has 1 heterocycles. The Labute approximate surface area is 77.3 Å². The number of hydrogen-bond donors (Lipinski definition) is 1. The maximum Gasteiger partial charge on any atom is 0.0663 e. The van der Waals surface area contributed by atoms with Crippen LogP contribution >= 0.6 is 11.3 Å². The zero-order chi connectivity index (χ0) is 8.97. The van der Waals surface area contributed by atoms with Crippen LogP contribution in [0, 0.1) is 0 Å². The van der Waals surface area contributed by atoms with Crippen molar-refractivity contribution in [3.05, 3.63) is 21.9 Å². The van der Waals surface area contributed by atoms with Crippen LogP contribution in [-0.2, 0) is 11.2 Å². The van der Waals surface area contributed by atoms with Crippen molar-refractivity contribution in [1.82, 2.24) is 0 Å². The molecule has 0 aliphatic rings. The Morgan fingerprint density at radius 3 is 2.83 bits per heavy atom. The first-order valence-corrected chi connectivity index (χ1v) is 4.92. The fourth-order valence-electron chi connectivity index (χ4n) is 1.05. The number of ether oxygens (including phenoxy) is 1. The van der Waals surface area contributed by atoms with Crippen molar-refractivity contribution in [3.8, 4) is 0 Å². The molecule has 2 nitrogen and oxygen atoms in total. The van der Waals surface area contributed by atoms with Gasteiger partial charge in [-0.3, -0.25) is 0 Å². The summed E-state index contributed by atoms with van der Waals surface area (Å²) < 4.78 is 4.98. The van der Waals surface area contributed by atoms with Crippen molar-refractivity contribution in [1.29, 1.82) is 0 Å². The van der Waals surface area contributed by atoms with Crippen LogP contribution in [0.1, 0.15) is 22.7 Å². The first-order valence-electron chi connectivity index (χ1n) is 4.11. The Morgan fingerprint density at radius 1 is 1.58 bits per heavy atom. The molecule has 1 aromatic rings. The van der Waals surface area contributed by atoms with Gasteiger partial charge in [-0.05, 0) is 18.6 Å². The zero-order valence-corrected chi connectivity index (χ0v) is 8.36. The van der Waals surface area contributed by atoms with E-state index >= 15 is 0 Å². The predicted octanol–water partition coefficient (Wildman–Crippen LogP) is 1.96. The molecular formula is C9H15NOS. The average Bonchev–Trinajstić information content (AvgIpc) is 2.52. The lowest BCUT2D eigenvalue weighted by atomic mass is 10.2. The Kier molecular flexibility index (Phi) is 3.72. The van der Waals surface area contributed by atoms with Gasteiger partial charge in [-0.1, -0.05) is 6.92 Å². The minimum atomic E-state index is 0.0419. The highest BCUT2D eigenvalue weighted by atomic mass is 32.1. The predicted molar refractivity (Wildman–Crippen MR) is 52.5 cm³/mol. The van der Waals surface area contributed by atoms with Gasteiger partial charge >= 0.3 is 0 Å². The normalized spacial score (nSPS) is 13.2.